The van der Waals surface area contributed by atoms with Crippen LogP contribution in [-0.2, 0) is 6.54 Å². The largest absolute Gasteiger partial charge is 0.394 e. The predicted molar refractivity (Wildman–Crippen MR) is 77.2 cm³/mol. The summed E-state index contributed by atoms with van der Waals surface area (Å²) in [4.78, 5) is 0. The minimum absolute atomic E-state index is 0.00303. The Bertz CT molecular complexity index is 533. The van der Waals surface area contributed by atoms with Crippen molar-refractivity contribution in [1.29, 1.82) is 0 Å². The summed E-state index contributed by atoms with van der Waals surface area (Å²) in [6.45, 7) is 0.482. The topological polar surface area (TPSA) is 32.3 Å². The van der Waals surface area contributed by atoms with Gasteiger partial charge in [-0.2, -0.15) is 0 Å². The molecule has 0 aliphatic carbocycles. The quantitative estimate of drug-likeness (QED) is 0.883. The van der Waals surface area contributed by atoms with Crippen LogP contribution in [0.3, 0.4) is 0 Å². The first-order valence-electron chi connectivity index (χ1n) is 6.04. The van der Waals surface area contributed by atoms with E-state index in [-0.39, 0.29) is 18.5 Å². The van der Waals surface area contributed by atoms with Crippen LogP contribution in [0.4, 0.5) is 4.39 Å². The lowest BCUT2D eigenvalue weighted by atomic mass is 10.1. The summed E-state index contributed by atoms with van der Waals surface area (Å²) in [6.07, 6.45) is 0. The van der Waals surface area contributed by atoms with E-state index in [9.17, 15) is 9.50 Å². The van der Waals surface area contributed by atoms with Gasteiger partial charge < -0.3 is 10.4 Å². The van der Waals surface area contributed by atoms with Crippen molar-refractivity contribution in [2.75, 3.05) is 6.61 Å². The third kappa shape index (κ3) is 3.86. The molecule has 2 aromatic rings. The van der Waals surface area contributed by atoms with E-state index in [2.05, 4.69) is 21.2 Å². The Morgan fingerprint density at radius 3 is 2.58 bits per heavy atom. The maximum atomic E-state index is 13.2. The Hall–Kier alpha value is -1.23. The summed E-state index contributed by atoms with van der Waals surface area (Å²) in [5, 5.41) is 12.7. The average molecular weight is 324 g/mol. The van der Waals surface area contributed by atoms with Gasteiger partial charge in [-0.15, -0.1) is 0 Å². The first-order valence-corrected chi connectivity index (χ1v) is 6.83. The monoisotopic (exact) mass is 323 g/mol. The van der Waals surface area contributed by atoms with E-state index in [0.29, 0.717) is 6.54 Å². The molecule has 0 aliphatic heterocycles. The Kier molecular flexibility index (Phi) is 5.07. The maximum absolute atomic E-state index is 13.2. The number of halogens is 2. The average Bonchev–Trinajstić information content (AvgIpc) is 2.44. The minimum atomic E-state index is -0.264. The first kappa shape index (κ1) is 14.2. The molecule has 0 heterocycles. The molecule has 2 N–H and O–H groups in total. The van der Waals surface area contributed by atoms with Gasteiger partial charge in [0.25, 0.3) is 0 Å². The van der Waals surface area contributed by atoms with E-state index >= 15 is 0 Å². The lowest BCUT2D eigenvalue weighted by Gasteiger charge is -2.17. The van der Waals surface area contributed by atoms with E-state index in [1.807, 2.05) is 30.3 Å². The second kappa shape index (κ2) is 6.80. The smallest absolute Gasteiger partial charge is 0.123 e. The molecule has 2 rings (SSSR count). The van der Waals surface area contributed by atoms with Crippen LogP contribution >= 0.6 is 15.9 Å². The number of aliphatic hydroxyl groups is 1. The van der Waals surface area contributed by atoms with Crippen LogP contribution < -0.4 is 5.32 Å². The fourth-order valence-electron chi connectivity index (χ4n) is 1.89. The van der Waals surface area contributed by atoms with Gasteiger partial charge in [-0.1, -0.05) is 46.3 Å². The third-order valence-corrected chi connectivity index (χ3v) is 3.70. The van der Waals surface area contributed by atoms with Crippen molar-refractivity contribution in [2.45, 2.75) is 12.6 Å². The Labute approximate surface area is 120 Å². The van der Waals surface area contributed by atoms with E-state index in [4.69, 9.17) is 0 Å². The van der Waals surface area contributed by atoms with Crippen molar-refractivity contribution < 1.29 is 9.50 Å². The summed E-state index contributed by atoms with van der Waals surface area (Å²) in [5.74, 6) is -0.264. The number of nitrogens with one attached hydrogen (secondary N) is 1. The summed E-state index contributed by atoms with van der Waals surface area (Å²) >= 11 is 3.39. The molecule has 0 bridgehead atoms. The highest BCUT2D eigenvalue weighted by Gasteiger charge is 2.10. The zero-order valence-corrected chi connectivity index (χ0v) is 11.9. The van der Waals surface area contributed by atoms with Crippen LogP contribution in [0.5, 0.6) is 0 Å². The van der Waals surface area contributed by atoms with Crippen molar-refractivity contribution >= 4 is 15.9 Å². The van der Waals surface area contributed by atoms with Gasteiger partial charge in [0.05, 0.1) is 12.6 Å². The van der Waals surface area contributed by atoms with Crippen molar-refractivity contribution in [3.05, 3.63) is 69.9 Å². The SMILES string of the molecule is OCC(NCc1cc(F)ccc1Br)c1ccccc1. The van der Waals surface area contributed by atoms with Crippen LogP contribution in [0.15, 0.2) is 53.0 Å². The molecule has 4 heteroatoms. The minimum Gasteiger partial charge on any atom is -0.394 e. The van der Waals surface area contributed by atoms with Crippen LogP contribution in [0.1, 0.15) is 17.2 Å². The van der Waals surface area contributed by atoms with E-state index in [0.717, 1.165) is 15.6 Å². The molecule has 0 aliphatic rings. The highest BCUT2D eigenvalue weighted by molar-refractivity contribution is 9.10. The molecule has 0 saturated carbocycles. The van der Waals surface area contributed by atoms with E-state index in [1.165, 1.54) is 12.1 Å². The zero-order valence-electron chi connectivity index (χ0n) is 10.3. The molecule has 0 spiro atoms. The van der Waals surface area contributed by atoms with Gasteiger partial charge in [-0.3, -0.25) is 0 Å². The van der Waals surface area contributed by atoms with Crippen molar-refractivity contribution in [3.63, 3.8) is 0 Å². The Morgan fingerprint density at radius 1 is 1.16 bits per heavy atom. The Morgan fingerprint density at radius 2 is 1.89 bits per heavy atom. The maximum Gasteiger partial charge on any atom is 0.123 e. The molecule has 0 amide bonds. The van der Waals surface area contributed by atoms with Gasteiger partial charge in [0.2, 0.25) is 0 Å². The summed E-state index contributed by atoms with van der Waals surface area (Å²) in [7, 11) is 0. The summed E-state index contributed by atoms with van der Waals surface area (Å²) in [6, 6.07) is 14.1. The zero-order chi connectivity index (χ0) is 13.7. The normalized spacial score (nSPS) is 12.4. The lowest BCUT2D eigenvalue weighted by Crippen LogP contribution is -2.24. The molecule has 19 heavy (non-hydrogen) atoms. The van der Waals surface area contributed by atoms with Gasteiger partial charge in [0.1, 0.15) is 5.82 Å². The van der Waals surface area contributed by atoms with Gasteiger partial charge in [0.15, 0.2) is 0 Å². The molecular formula is C15H15BrFNO. The standard InChI is InChI=1S/C15H15BrFNO/c16-14-7-6-13(17)8-12(14)9-18-15(10-19)11-4-2-1-3-5-11/h1-8,15,18-19H,9-10H2. The van der Waals surface area contributed by atoms with Crippen molar-refractivity contribution in [1.82, 2.24) is 5.32 Å². The number of hydrogen-bond donors (Lipinski definition) is 2. The molecule has 0 aromatic heterocycles. The van der Waals surface area contributed by atoms with Crippen LogP contribution in [0.2, 0.25) is 0 Å². The van der Waals surface area contributed by atoms with Crippen molar-refractivity contribution in [3.8, 4) is 0 Å². The molecule has 0 radical (unpaired) electrons. The van der Waals surface area contributed by atoms with Gasteiger partial charge >= 0.3 is 0 Å². The lowest BCUT2D eigenvalue weighted by molar-refractivity contribution is 0.243. The van der Waals surface area contributed by atoms with Gasteiger partial charge in [0, 0.05) is 11.0 Å². The fourth-order valence-corrected chi connectivity index (χ4v) is 2.27. The molecule has 2 nitrogen and oxygen atoms in total. The molecule has 100 valence electrons. The van der Waals surface area contributed by atoms with Crippen LogP contribution in [0.25, 0.3) is 0 Å². The highest BCUT2D eigenvalue weighted by Crippen LogP contribution is 2.19. The number of rotatable bonds is 5. The molecule has 1 atom stereocenters. The number of benzene rings is 2. The fraction of sp³-hybridized carbons (Fsp3) is 0.200. The van der Waals surface area contributed by atoms with Crippen molar-refractivity contribution in [2.24, 2.45) is 0 Å². The van der Waals surface area contributed by atoms with E-state index < -0.39 is 0 Å². The second-order valence-electron chi connectivity index (χ2n) is 4.26. The molecule has 1 unspecified atom stereocenters. The molecular weight excluding hydrogens is 309 g/mol. The number of hydrogen-bond acceptors (Lipinski definition) is 2. The van der Waals surface area contributed by atoms with Gasteiger partial charge in [-0.05, 0) is 29.3 Å². The summed E-state index contributed by atoms with van der Waals surface area (Å²) in [5.41, 5.74) is 1.84. The van der Waals surface area contributed by atoms with Gasteiger partial charge in [-0.25, -0.2) is 4.39 Å². The second-order valence-corrected chi connectivity index (χ2v) is 5.12. The van der Waals surface area contributed by atoms with E-state index in [1.54, 1.807) is 6.07 Å². The number of aliphatic hydroxyl groups excluding tert-OH is 1. The van der Waals surface area contributed by atoms with Crippen LogP contribution in [0, 0.1) is 5.82 Å². The summed E-state index contributed by atoms with van der Waals surface area (Å²) < 4.78 is 14.0. The third-order valence-electron chi connectivity index (χ3n) is 2.93. The van der Waals surface area contributed by atoms with Crippen LogP contribution in [-0.4, -0.2) is 11.7 Å². The molecule has 0 fully saturated rings. The first-order chi connectivity index (χ1) is 9.20. The predicted octanol–water partition coefficient (Wildman–Crippen LogP) is 3.41. The highest BCUT2D eigenvalue weighted by atomic mass is 79.9. The molecule has 0 saturated heterocycles. The Balaban J connectivity index is 2.06. The molecule has 2 aromatic carbocycles.